The van der Waals surface area contributed by atoms with Crippen molar-refractivity contribution in [3.05, 3.63) is 42.5 Å². The fourth-order valence-electron chi connectivity index (χ4n) is 1.22. The molecule has 2 aromatic heterocycles. The summed E-state index contributed by atoms with van der Waals surface area (Å²) in [6.07, 6.45) is 5.47. The van der Waals surface area contributed by atoms with Gasteiger partial charge < -0.3 is 0 Å². The molecule has 2 nitrogen and oxygen atoms in total. The van der Waals surface area contributed by atoms with Crippen LogP contribution in [-0.2, 0) is 6.42 Å². The molecule has 0 aromatic carbocycles. The van der Waals surface area contributed by atoms with Crippen molar-refractivity contribution >= 4 is 11.3 Å². The first kappa shape index (κ1) is 9.34. The maximum absolute atomic E-state index is 4.51. The maximum Gasteiger partial charge on any atom is 0.125 e. The predicted octanol–water partition coefficient (Wildman–Crippen LogP) is 2.97. The molecule has 1 radical (unpaired) electrons. The number of hydrogen-bond donors (Lipinski definition) is 0. The van der Waals surface area contributed by atoms with E-state index < -0.39 is 0 Å². The summed E-state index contributed by atoms with van der Waals surface area (Å²) < 4.78 is 0. The molecule has 0 unspecified atom stereocenters. The van der Waals surface area contributed by atoms with Crippen LogP contribution in [0.25, 0.3) is 10.6 Å². The fraction of sp³-hybridized carbons (Fsp3) is 0.182. The molecule has 0 saturated carbocycles. The van der Waals surface area contributed by atoms with E-state index in [9.17, 15) is 0 Å². The van der Waals surface area contributed by atoms with Gasteiger partial charge in [0.05, 0.1) is 5.69 Å². The van der Waals surface area contributed by atoms with Crippen molar-refractivity contribution in [2.45, 2.75) is 12.8 Å². The van der Waals surface area contributed by atoms with Crippen LogP contribution >= 0.6 is 11.3 Å². The van der Waals surface area contributed by atoms with Crippen molar-refractivity contribution in [1.82, 2.24) is 9.97 Å². The number of aryl methyl sites for hydroxylation is 1. The summed E-state index contributed by atoms with van der Waals surface area (Å²) in [5, 5.41) is 3.13. The van der Waals surface area contributed by atoms with Gasteiger partial charge in [-0.05, 0) is 25.0 Å². The Bertz CT molecular complexity index is 395. The summed E-state index contributed by atoms with van der Waals surface area (Å²) in [7, 11) is 0. The Labute approximate surface area is 87.7 Å². The summed E-state index contributed by atoms with van der Waals surface area (Å²) in [5.74, 6) is 0. The lowest BCUT2D eigenvalue weighted by Crippen LogP contribution is -1.83. The van der Waals surface area contributed by atoms with Crippen molar-refractivity contribution in [1.29, 1.82) is 0 Å². The number of thiazole rings is 1. The molecule has 2 rings (SSSR count). The van der Waals surface area contributed by atoms with Gasteiger partial charge in [0.1, 0.15) is 5.01 Å². The zero-order valence-corrected chi connectivity index (χ0v) is 8.63. The molecule has 0 aliphatic carbocycles. The minimum atomic E-state index is 0.899. The molecule has 0 atom stereocenters. The topological polar surface area (TPSA) is 25.8 Å². The van der Waals surface area contributed by atoms with Crippen molar-refractivity contribution in [3.8, 4) is 10.6 Å². The van der Waals surface area contributed by atoms with Crippen LogP contribution in [-0.4, -0.2) is 9.97 Å². The molecule has 2 heterocycles. The lowest BCUT2D eigenvalue weighted by atomic mass is 10.3. The molecule has 0 amide bonds. The lowest BCUT2D eigenvalue weighted by Gasteiger charge is -1.93. The fourth-order valence-corrected chi connectivity index (χ4v) is 2.07. The number of pyridine rings is 1. The van der Waals surface area contributed by atoms with E-state index in [0.29, 0.717) is 0 Å². The van der Waals surface area contributed by atoms with Gasteiger partial charge in [0.2, 0.25) is 0 Å². The summed E-state index contributed by atoms with van der Waals surface area (Å²) in [6, 6.07) is 3.96. The molecule has 0 saturated heterocycles. The molecule has 71 valence electrons. The first-order valence-corrected chi connectivity index (χ1v) is 5.42. The van der Waals surface area contributed by atoms with Crippen LogP contribution in [0.3, 0.4) is 0 Å². The Hall–Kier alpha value is -1.22. The van der Waals surface area contributed by atoms with Gasteiger partial charge in [-0.2, -0.15) is 0 Å². The Kier molecular flexibility index (Phi) is 2.89. The molecular weight excluding hydrogens is 192 g/mol. The summed E-state index contributed by atoms with van der Waals surface area (Å²) in [4.78, 5) is 8.58. The van der Waals surface area contributed by atoms with Crippen LogP contribution in [0.5, 0.6) is 0 Å². The van der Waals surface area contributed by atoms with E-state index in [2.05, 4.69) is 22.3 Å². The highest BCUT2D eigenvalue weighted by Gasteiger charge is 2.03. The monoisotopic (exact) mass is 203 g/mol. The molecule has 0 bridgehead atoms. The first-order valence-electron chi connectivity index (χ1n) is 4.54. The standard InChI is InChI=1S/C11H11N2S/c1-2-4-10-8-14-11(13-10)9-5-3-6-12-7-9/h3,5-8H,1-2,4H2. The van der Waals surface area contributed by atoms with Crippen molar-refractivity contribution in [2.24, 2.45) is 0 Å². The van der Waals surface area contributed by atoms with Crippen LogP contribution in [0.4, 0.5) is 0 Å². The van der Waals surface area contributed by atoms with Crippen LogP contribution in [0.15, 0.2) is 29.9 Å². The molecule has 0 aliphatic rings. The Morgan fingerprint density at radius 2 is 2.36 bits per heavy atom. The van der Waals surface area contributed by atoms with E-state index in [1.165, 1.54) is 0 Å². The zero-order chi connectivity index (χ0) is 9.80. The number of hydrogen-bond acceptors (Lipinski definition) is 3. The van der Waals surface area contributed by atoms with Crippen LogP contribution < -0.4 is 0 Å². The third-order valence-electron chi connectivity index (χ3n) is 1.89. The second kappa shape index (κ2) is 4.33. The zero-order valence-electron chi connectivity index (χ0n) is 7.81. The predicted molar refractivity (Wildman–Crippen MR) is 59.0 cm³/mol. The largest absolute Gasteiger partial charge is 0.264 e. The van der Waals surface area contributed by atoms with Gasteiger partial charge in [0, 0.05) is 23.3 Å². The molecule has 3 heteroatoms. The maximum atomic E-state index is 4.51. The average Bonchev–Trinajstić information content (AvgIpc) is 2.68. The van der Waals surface area contributed by atoms with Crippen molar-refractivity contribution in [3.63, 3.8) is 0 Å². The number of nitrogens with zero attached hydrogens (tertiary/aromatic N) is 2. The second-order valence-electron chi connectivity index (χ2n) is 2.99. The van der Waals surface area contributed by atoms with Crippen molar-refractivity contribution in [2.75, 3.05) is 0 Å². The SMILES string of the molecule is [CH2]CCc1csc(-c2cccnc2)n1. The second-order valence-corrected chi connectivity index (χ2v) is 3.85. The van der Waals surface area contributed by atoms with E-state index in [0.717, 1.165) is 29.1 Å². The smallest absolute Gasteiger partial charge is 0.125 e. The quantitative estimate of drug-likeness (QED) is 0.766. The van der Waals surface area contributed by atoms with Gasteiger partial charge in [-0.1, -0.05) is 6.92 Å². The third kappa shape index (κ3) is 1.99. The van der Waals surface area contributed by atoms with Crippen LogP contribution in [0, 0.1) is 6.92 Å². The number of aromatic nitrogens is 2. The van der Waals surface area contributed by atoms with Gasteiger partial charge in [0.25, 0.3) is 0 Å². The molecule has 0 spiro atoms. The lowest BCUT2D eigenvalue weighted by molar-refractivity contribution is 0.958. The highest BCUT2D eigenvalue weighted by Crippen LogP contribution is 2.22. The highest BCUT2D eigenvalue weighted by molar-refractivity contribution is 7.13. The summed E-state index contributed by atoms with van der Waals surface area (Å²) in [5.41, 5.74) is 2.22. The van der Waals surface area contributed by atoms with Gasteiger partial charge in [0.15, 0.2) is 0 Å². The summed E-state index contributed by atoms with van der Waals surface area (Å²) in [6.45, 7) is 3.82. The third-order valence-corrected chi connectivity index (χ3v) is 2.83. The molecule has 2 aromatic rings. The average molecular weight is 203 g/mol. The van der Waals surface area contributed by atoms with E-state index in [-0.39, 0.29) is 0 Å². The molecule has 0 fully saturated rings. The van der Waals surface area contributed by atoms with Crippen LogP contribution in [0.2, 0.25) is 0 Å². The van der Waals surface area contributed by atoms with E-state index >= 15 is 0 Å². The molecule has 0 N–H and O–H groups in total. The minimum Gasteiger partial charge on any atom is -0.264 e. The Balaban J connectivity index is 2.25. The van der Waals surface area contributed by atoms with E-state index in [1.54, 1.807) is 17.5 Å². The number of rotatable bonds is 3. The van der Waals surface area contributed by atoms with E-state index in [4.69, 9.17) is 0 Å². The Morgan fingerprint density at radius 1 is 1.43 bits per heavy atom. The normalized spacial score (nSPS) is 10.4. The summed E-state index contributed by atoms with van der Waals surface area (Å²) >= 11 is 1.66. The van der Waals surface area contributed by atoms with Gasteiger partial charge in [-0.15, -0.1) is 11.3 Å². The molecule has 0 aliphatic heterocycles. The van der Waals surface area contributed by atoms with Crippen molar-refractivity contribution < 1.29 is 0 Å². The van der Waals surface area contributed by atoms with E-state index in [1.807, 2.05) is 18.3 Å². The van der Waals surface area contributed by atoms with Crippen LogP contribution in [0.1, 0.15) is 12.1 Å². The minimum absolute atomic E-state index is 0.899. The van der Waals surface area contributed by atoms with Gasteiger partial charge in [-0.3, -0.25) is 4.98 Å². The molecule has 14 heavy (non-hydrogen) atoms. The Morgan fingerprint density at radius 3 is 3.07 bits per heavy atom. The van der Waals surface area contributed by atoms with Gasteiger partial charge in [-0.25, -0.2) is 4.98 Å². The molecular formula is C11H11N2S. The first-order chi connectivity index (χ1) is 6.90. The van der Waals surface area contributed by atoms with Gasteiger partial charge >= 0.3 is 0 Å². The highest BCUT2D eigenvalue weighted by atomic mass is 32.1.